The maximum absolute atomic E-state index is 13.4. The van der Waals surface area contributed by atoms with Crippen LogP contribution in [0.1, 0.15) is 41.6 Å². The van der Waals surface area contributed by atoms with E-state index in [4.69, 9.17) is 0 Å². The molecule has 0 bridgehead atoms. The molecule has 10 N–H and O–H groups in total. The predicted molar refractivity (Wildman–Crippen MR) is 273 cm³/mol. The molecule has 0 atom stereocenters. The maximum Gasteiger partial charge on any atom is 0.325 e. The average molecular weight is 1120 g/mol. The van der Waals surface area contributed by atoms with Crippen LogP contribution in [0, 0.1) is 0 Å². The second-order valence-corrected chi connectivity index (χ2v) is 22.5. The van der Waals surface area contributed by atoms with E-state index in [1.54, 1.807) is 14.1 Å². The first-order chi connectivity index (χ1) is 35.3. The van der Waals surface area contributed by atoms with Crippen molar-refractivity contribution in [2.24, 2.45) is 28.2 Å². The van der Waals surface area contributed by atoms with Crippen molar-refractivity contribution in [2.45, 2.75) is 19.6 Å². The lowest BCUT2D eigenvalue weighted by Gasteiger charge is -2.11. The number of nitrogens with one attached hydrogen (secondary N) is 6. The Bertz CT molecular complexity index is 4290. The number of fused-ring (bicyclic) bond motifs is 2. The normalized spacial score (nSPS) is 12.1. The number of hydrogen-bond acceptors (Lipinski definition) is 13. The van der Waals surface area contributed by atoms with Gasteiger partial charge in [0.05, 0.1) is 43.5 Å². The van der Waals surface area contributed by atoms with Gasteiger partial charge in [-0.15, -0.1) is 0 Å². The number of rotatable bonds is 14. The molecule has 6 amide bonds. The number of carbonyl (C=O) groups excluding carboxylic acids is 5. The molecule has 0 aliphatic carbocycles. The van der Waals surface area contributed by atoms with Crippen LogP contribution in [0.2, 0.25) is 0 Å². The average Bonchev–Trinajstić information content (AvgIpc) is 4.08. The minimum atomic E-state index is -5.05. The summed E-state index contributed by atoms with van der Waals surface area (Å²) in [6.07, 6.45) is 5.55. The summed E-state index contributed by atoms with van der Waals surface area (Å²) in [6, 6.07) is 15.1. The highest BCUT2D eigenvalue weighted by Crippen LogP contribution is 2.32. The second kappa shape index (κ2) is 19.5. The molecule has 4 aromatic carbocycles. The van der Waals surface area contributed by atoms with E-state index in [0.717, 1.165) is 42.5 Å². The molecular weight excluding hydrogens is 1080 g/mol. The number of urea groups is 1. The first-order valence-electron chi connectivity index (χ1n) is 21.4. The number of nitrogens with zero attached hydrogens (tertiary/aromatic N) is 4. The Morgan fingerprint density at radius 1 is 0.395 bits per heavy atom. The third-order valence-corrected chi connectivity index (χ3v) is 15.0. The van der Waals surface area contributed by atoms with E-state index in [0.29, 0.717) is 0 Å². The fourth-order valence-corrected chi connectivity index (χ4v) is 10.2. The van der Waals surface area contributed by atoms with Crippen molar-refractivity contribution in [2.75, 3.05) is 31.9 Å². The lowest BCUT2D eigenvalue weighted by atomic mass is 10.1. The molecule has 396 valence electrons. The molecule has 27 nitrogen and oxygen atoms in total. The summed E-state index contributed by atoms with van der Waals surface area (Å²) in [5.74, 6) is -2.75. The molecule has 4 aromatic heterocycles. The minimum Gasteiger partial charge on any atom is -0.344 e. The lowest BCUT2D eigenvalue weighted by molar-refractivity contribution is 0.101. The van der Waals surface area contributed by atoms with Crippen LogP contribution < -0.4 is 31.9 Å². The third kappa shape index (κ3) is 11.5. The van der Waals surface area contributed by atoms with Gasteiger partial charge in [-0.3, -0.25) is 48.0 Å². The Balaban J connectivity index is 0.886. The topological polar surface area (TPSA) is 395 Å². The van der Waals surface area contributed by atoms with Crippen molar-refractivity contribution in [3.8, 4) is 0 Å². The van der Waals surface area contributed by atoms with Gasteiger partial charge < -0.3 is 39.5 Å². The highest BCUT2D eigenvalue weighted by atomic mass is 32.2. The third-order valence-electron chi connectivity index (χ3n) is 11.5. The molecule has 0 spiro atoms. The van der Waals surface area contributed by atoms with E-state index in [-0.39, 0.29) is 72.9 Å². The molecular formula is C45H40N10O17S4. The van der Waals surface area contributed by atoms with Gasteiger partial charge in [-0.2, -0.15) is 33.7 Å². The van der Waals surface area contributed by atoms with Gasteiger partial charge in [0.1, 0.15) is 32.9 Å². The van der Waals surface area contributed by atoms with Crippen molar-refractivity contribution in [1.82, 2.24) is 18.3 Å². The van der Waals surface area contributed by atoms with Crippen molar-refractivity contribution >= 4 is 126 Å². The lowest BCUT2D eigenvalue weighted by Crippen LogP contribution is -2.22. The second-order valence-electron chi connectivity index (χ2n) is 16.9. The zero-order chi connectivity index (χ0) is 55.6. The fraction of sp³-hybridized carbons (Fsp3) is 0.0889. The zero-order valence-corrected chi connectivity index (χ0v) is 42.7. The van der Waals surface area contributed by atoms with E-state index in [1.165, 1.54) is 99.6 Å². The van der Waals surface area contributed by atoms with Gasteiger partial charge in [-0.1, -0.05) is 12.1 Å². The zero-order valence-electron chi connectivity index (χ0n) is 39.4. The van der Waals surface area contributed by atoms with Crippen LogP contribution in [0.25, 0.3) is 21.5 Å². The van der Waals surface area contributed by atoms with Crippen molar-refractivity contribution in [1.29, 1.82) is 0 Å². The predicted octanol–water partition coefficient (Wildman–Crippen LogP) is 4.99. The van der Waals surface area contributed by atoms with Crippen LogP contribution in [0.4, 0.5) is 39.3 Å². The number of aryl methyl sites for hydroxylation is 4. The van der Waals surface area contributed by atoms with Gasteiger partial charge in [-0.25, -0.2) is 4.79 Å². The summed E-state index contributed by atoms with van der Waals surface area (Å²) in [5, 5.41) is 15.8. The Hall–Kier alpha value is -8.69. The van der Waals surface area contributed by atoms with Gasteiger partial charge in [-0.05, 0) is 88.3 Å². The summed E-state index contributed by atoms with van der Waals surface area (Å²) in [4.78, 5) is 64.1. The Morgan fingerprint density at radius 2 is 0.842 bits per heavy atom. The van der Waals surface area contributed by atoms with E-state index in [2.05, 4.69) is 31.9 Å². The number of amides is 6. The summed E-state index contributed by atoms with van der Waals surface area (Å²) in [5.41, 5.74) is -0.599. The Labute approximate surface area is 430 Å². The van der Waals surface area contributed by atoms with Crippen LogP contribution >= 0.6 is 0 Å². The first-order valence-corrected chi connectivity index (χ1v) is 27.1. The highest BCUT2D eigenvalue weighted by molar-refractivity contribution is 7.86. The van der Waals surface area contributed by atoms with Gasteiger partial charge in [0, 0.05) is 59.0 Å². The molecule has 4 heterocycles. The van der Waals surface area contributed by atoms with Crippen LogP contribution in [-0.2, 0) is 68.7 Å². The van der Waals surface area contributed by atoms with E-state index >= 15 is 0 Å². The van der Waals surface area contributed by atoms with Gasteiger partial charge in [0.15, 0.2) is 0 Å². The fourth-order valence-electron chi connectivity index (χ4n) is 7.81. The summed E-state index contributed by atoms with van der Waals surface area (Å²) in [7, 11) is -13.3. The molecule has 0 saturated carbocycles. The van der Waals surface area contributed by atoms with Crippen molar-refractivity contribution in [3.63, 3.8) is 0 Å². The number of carbonyl (C=O) groups is 5. The standard InChI is InChI=1S/C45H40N10O17S4/c1-52-21-29(46-43(58)33-11-23-5-7-31(73(61,62)63)9-25(23)13-36(33)75(67,68)69)17-35(52)44(59)47-30-18-40(55(4)22-30)51-45(60)50-39-16-28(20-54(39)3)42(57)49-38-15-27(19-53(38)2)41(56)48-34-12-24-6-8-32(74(64,65)66)10-26(24)14-37(34)76(70,71)72/h5-22H,1-4H3,(H,46,58)(H,47,59)(H,48,56)(H,49,57)(H2,50,51,60)(H,61,62,63)(H,64,65,66)(H,67,68,69)(H,70,71,72). The largest absolute Gasteiger partial charge is 0.344 e. The van der Waals surface area contributed by atoms with E-state index in [9.17, 15) is 75.9 Å². The number of anilines is 6. The van der Waals surface area contributed by atoms with E-state index in [1.807, 2.05) is 0 Å². The molecule has 76 heavy (non-hydrogen) atoms. The molecule has 0 unspecified atom stereocenters. The van der Waals surface area contributed by atoms with E-state index < -0.39 is 95.3 Å². The molecule has 0 saturated heterocycles. The quantitative estimate of drug-likeness (QED) is 0.0641. The first kappa shape index (κ1) is 53.6. The SMILES string of the molecule is Cn1cc(NC(=O)c2cc(NC(=O)c3cc4ccc(S(=O)(=O)O)cc4cc3S(=O)(=O)O)cn2C)cc1NC(=O)Nc1cc(C(=O)Nc2cc(C(=O)Nc3cc4ccc(S(=O)(=O)O)cc4cc3S(=O)(=O)O)cn2C)cn1C. The summed E-state index contributed by atoms with van der Waals surface area (Å²) >= 11 is 0. The smallest absolute Gasteiger partial charge is 0.325 e. The maximum atomic E-state index is 13.4. The van der Waals surface area contributed by atoms with Gasteiger partial charge in [0.2, 0.25) is 0 Å². The van der Waals surface area contributed by atoms with Crippen LogP contribution in [0.3, 0.4) is 0 Å². The number of aromatic nitrogens is 4. The Kier molecular flexibility index (Phi) is 13.8. The van der Waals surface area contributed by atoms with Crippen molar-refractivity contribution < 1.29 is 75.9 Å². The van der Waals surface area contributed by atoms with Crippen LogP contribution in [0.15, 0.2) is 129 Å². The summed E-state index contributed by atoms with van der Waals surface area (Å²) < 4.78 is 140. The molecule has 0 fully saturated rings. The molecule has 0 aliphatic rings. The Morgan fingerprint density at radius 3 is 1.38 bits per heavy atom. The molecule has 8 aromatic rings. The number of benzene rings is 4. The monoisotopic (exact) mass is 1120 g/mol. The summed E-state index contributed by atoms with van der Waals surface area (Å²) in [6.45, 7) is 0. The van der Waals surface area contributed by atoms with Gasteiger partial charge in [0.25, 0.3) is 64.1 Å². The molecule has 31 heteroatoms. The molecule has 0 radical (unpaired) electrons. The number of hydrogen-bond donors (Lipinski definition) is 10. The van der Waals surface area contributed by atoms with Crippen LogP contribution in [-0.4, -0.2) is 99.8 Å². The highest BCUT2D eigenvalue weighted by Gasteiger charge is 2.26. The van der Waals surface area contributed by atoms with Crippen molar-refractivity contribution in [3.05, 3.63) is 132 Å². The molecule has 8 rings (SSSR count). The van der Waals surface area contributed by atoms with Crippen LogP contribution in [0.5, 0.6) is 0 Å². The minimum absolute atomic E-state index is 0.00738. The van der Waals surface area contributed by atoms with Gasteiger partial charge >= 0.3 is 6.03 Å². The molecule has 0 aliphatic heterocycles.